The summed E-state index contributed by atoms with van der Waals surface area (Å²) in [5.74, 6) is -0.356. The number of aliphatic hydroxyl groups is 1. The third-order valence-corrected chi connectivity index (χ3v) is 8.48. The fraction of sp³-hybridized carbons (Fsp3) is 0.862. The van der Waals surface area contributed by atoms with E-state index >= 15 is 0 Å². The highest BCUT2D eigenvalue weighted by molar-refractivity contribution is 7.53. The average molecular weight is 517 g/mol. The molecule has 6 heteroatoms. The van der Waals surface area contributed by atoms with Crippen LogP contribution in [0.25, 0.3) is 0 Å². The van der Waals surface area contributed by atoms with Crippen molar-refractivity contribution in [2.75, 3.05) is 27.7 Å². The molecule has 0 saturated carbocycles. The fourth-order valence-electron chi connectivity index (χ4n) is 5.02. The van der Waals surface area contributed by atoms with Gasteiger partial charge in [0.25, 0.3) is 0 Å². The van der Waals surface area contributed by atoms with Crippen molar-refractivity contribution in [1.82, 2.24) is 0 Å². The van der Waals surface area contributed by atoms with Crippen molar-refractivity contribution in [3.05, 3.63) is 24.8 Å². The Morgan fingerprint density at radius 1 is 0.800 bits per heavy atom. The van der Waals surface area contributed by atoms with Gasteiger partial charge in [-0.2, -0.15) is 0 Å². The molecular formula is C29H59NO4P+. The van der Waals surface area contributed by atoms with E-state index in [1.165, 1.54) is 70.6 Å². The molecule has 35 heavy (non-hydrogen) atoms. The first kappa shape index (κ1) is 34.6. The molecule has 0 aromatic heterocycles. The maximum absolute atomic E-state index is 12.4. The average Bonchev–Trinajstić information content (AvgIpc) is 2.75. The van der Waals surface area contributed by atoms with E-state index in [0.29, 0.717) is 17.3 Å². The summed E-state index contributed by atoms with van der Waals surface area (Å²) >= 11 is 0. The minimum absolute atomic E-state index is 0.0699. The maximum atomic E-state index is 12.4. The molecular weight excluding hydrogens is 457 g/mol. The molecule has 2 atom stereocenters. The molecule has 5 nitrogen and oxygen atoms in total. The first-order valence-electron chi connectivity index (χ1n) is 14.3. The van der Waals surface area contributed by atoms with Crippen LogP contribution in [0.4, 0.5) is 0 Å². The summed E-state index contributed by atoms with van der Waals surface area (Å²) in [5, 5.41) is 9.34. The summed E-state index contributed by atoms with van der Waals surface area (Å²) in [4.78, 5) is 20.2. The largest absolute Gasteiger partial charge is 0.373 e. The summed E-state index contributed by atoms with van der Waals surface area (Å²) in [7, 11) is 0.999. The summed E-state index contributed by atoms with van der Waals surface area (Å²) in [5.41, 5.74) is 0. The summed E-state index contributed by atoms with van der Waals surface area (Å²) in [6.45, 7) is 5.88. The zero-order valence-electron chi connectivity index (χ0n) is 23.6. The molecule has 2 unspecified atom stereocenters. The van der Waals surface area contributed by atoms with Crippen LogP contribution in [-0.4, -0.2) is 52.4 Å². The molecule has 0 aliphatic rings. The molecule has 3 N–H and O–H groups in total. The number of rotatable bonds is 24. The van der Waals surface area contributed by atoms with Crippen molar-refractivity contribution in [3.8, 4) is 0 Å². The van der Waals surface area contributed by atoms with Crippen LogP contribution in [0.3, 0.4) is 0 Å². The standard InChI is InChI=1S/C29H58NO4P/c1-6-8-10-11-12-13-14-15-16-17-18-19-20-21-22-24-26-28(25-23-9-7-2)29(31,35(32,33)34)27-30(3,4)5/h6,8,10,28,31H,1,7,9,11-27H2,2-5H3,(H-,32,33,34)/p+1/b10-8+. The molecule has 0 amide bonds. The highest BCUT2D eigenvalue weighted by Crippen LogP contribution is 2.55. The molecule has 0 aromatic rings. The lowest BCUT2D eigenvalue weighted by Crippen LogP contribution is -2.53. The minimum atomic E-state index is -4.65. The molecule has 0 aromatic carbocycles. The Bertz CT molecular complexity index is 596. The normalized spacial score (nSPS) is 15.4. The van der Waals surface area contributed by atoms with Gasteiger partial charge in [-0.3, -0.25) is 4.57 Å². The van der Waals surface area contributed by atoms with Crippen LogP contribution in [0.2, 0.25) is 0 Å². The van der Waals surface area contributed by atoms with Crippen molar-refractivity contribution in [2.24, 2.45) is 5.92 Å². The molecule has 0 heterocycles. The summed E-state index contributed by atoms with van der Waals surface area (Å²) in [6.07, 6.45) is 26.6. The number of hydrogen-bond donors (Lipinski definition) is 3. The number of likely N-dealkylation sites (N-methyl/N-ethyl adjacent to an activating group) is 1. The Morgan fingerprint density at radius 2 is 1.23 bits per heavy atom. The van der Waals surface area contributed by atoms with Gasteiger partial charge in [0.15, 0.2) is 0 Å². The number of unbranched alkanes of at least 4 members (excludes halogenated alkanes) is 14. The van der Waals surface area contributed by atoms with Crippen molar-refractivity contribution in [2.45, 2.75) is 128 Å². The van der Waals surface area contributed by atoms with E-state index in [1.807, 2.05) is 33.3 Å². The van der Waals surface area contributed by atoms with Crippen LogP contribution in [0.1, 0.15) is 122 Å². The highest BCUT2D eigenvalue weighted by atomic mass is 31.2. The zero-order valence-corrected chi connectivity index (χ0v) is 24.5. The number of nitrogens with zero attached hydrogens (tertiary/aromatic N) is 1. The summed E-state index contributed by atoms with van der Waals surface area (Å²) < 4.78 is 12.7. The van der Waals surface area contributed by atoms with Gasteiger partial charge in [0.1, 0.15) is 6.54 Å². The van der Waals surface area contributed by atoms with Gasteiger partial charge in [-0.25, -0.2) is 0 Å². The molecule has 0 rings (SSSR count). The first-order valence-corrected chi connectivity index (χ1v) is 15.9. The van der Waals surface area contributed by atoms with Gasteiger partial charge in [-0.15, -0.1) is 0 Å². The maximum Gasteiger partial charge on any atom is 0.363 e. The van der Waals surface area contributed by atoms with Gasteiger partial charge >= 0.3 is 7.60 Å². The Kier molecular flexibility index (Phi) is 19.4. The van der Waals surface area contributed by atoms with Gasteiger partial charge < -0.3 is 19.4 Å². The van der Waals surface area contributed by atoms with Gasteiger partial charge in [-0.05, 0) is 25.7 Å². The minimum Gasteiger partial charge on any atom is -0.373 e. The van der Waals surface area contributed by atoms with E-state index in [-0.39, 0.29) is 12.5 Å². The van der Waals surface area contributed by atoms with E-state index in [0.717, 1.165) is 32.1 Å². The predicted octanol–water partition coefficient (Wildman–Crippen LogP) is 7.96. The predicted molar refractivity (Wildman–Crippen MR) is 152 cm³/mol. The Morgan fingerprint density at radius 3 is 1.63 bits per heavy atom. The fourth-order valence-corrected chi connectivity index (χ4v) is 6.36. The third-order valence-electron chi connectivity index (χ3n) is 6.97. The SMILES string of the molecule is C=C/C=C/CCCCCCCCCCCCCCC(CCCCC)C(O)(C[N+](C)(C)C)P(=O)(O)O. The molecule has 0 aliphatic carbocycles. The van der Waals surface area contributed by atoms with Gasteiger partial charge in [0.2, 0.25) is 5.34 Å². The van der Waals surface area contributed by atoms with E-state index in [4.69, 9.17) is 0 Å². The topological polar surface area (TPSA) is 77.8 Å². The van der Waals surface area contributed by atoms with Crippen LogP contribution in [0.15, 0.2) is 24.8 Å². The van der Waals surface area contributed by atoms with Crippen LogP contribution in [0.5, 0.6) is 0 Å². The molecule has 0 aliphatic heterocycles. The Balaban J connectivity index is 4.21. The van der Waals surface area contributed by atoms with E-state index in [2.05, 4.69) is 19.6 Å². The lowest BCUT2D eigenvalue weighted by atomic mass is 9.88. The second-order valence-corrected chi connectivity index (χ2v) is 13.4. The number of quaternary nitrogens is 1. The van der Waals surface area contributed by atoms with Gasteiger partial charge in [0.05, 0.1) is 21.1 Å². The lowest BCUT2D eigenvalue weighted by Gasteiger charge is -2.40. The molecule has 0 spiro atoms. The van der Waals surface area contributed by atoms with E-state index in [1.54, 1.807) is 0 Å². The van der Waals surface area contributed by atoms with Crippen molar-refractivity contribution >= 4 is 7.60 Å². The third kappa shape index (κ3) is 17.6. The molecule has 0 saturated heterocycles. The molecule has 0 radical (unpaired) electrons. The monoisotopic (exact) mass is 516 g/mol. The smallest absolute Gasteiger partial charge is 0.363 e. The highest BCUT2D eigenvalue weighted by Gasteiger charge is 2.54. The van der Waals surface area contributed by atoms with Crippen LogP contribution >= 0.6 is 7.60 Å². The molecule has 0 fully saturated rings. The van der Waals surface area contributed by atoms with Crippen LogP contribution in [0, 0.1) is 5.92 Å². The summed E-state index contributed by atoms with van der Waals surface area (Å²) in [6, 6.07) is 0. The first-order chi connectivity index (χ1) is 16.5. The van der Waals surface area contributed by atoms with Gasteiger partial charge in [0, 0.05) is 5.92 Å². The lowest BCUT2D eigenvalue weighted by molar-refractivity contribution is -0.875. The van der Waals surface area contributed by atoms with Gasteiger partial charge in [-0.1, -0.05) is 122 Å². The second kappa shape index (κ2) is 19.6. The quantitative estimate of drug-likeness (QED) is 0.0526. The molecule has 0 bridgehead atoms. The number of allylic oxidation sites excluding steroid dienone is 3. The van der Waals surface area contributed by atoms with Crippen molar-refractivity contribution < 1.29 is 23.9 Å². The zero-order chi connectivity index (χ0) is 26.6. The second-order valence-electron chi connectivity index (χ2n) is 11.5. The van der Waals surface area contributed by atoms with E-state index < -0.39 is 12.9 Å². The van der Waals surface area contributed by atoms with Crippen molar-refractivity contribution in [1.29, 1.82) is 0 Å². The molecule has 208 valence electrons. The van der Waals surface area contributed by atoms with Crippen LogP contribution < -0.4 is 0 Å². The Labute approximate surface area is 217 Å². The van der Waals surface area contributed by atoms with E-state index in [9.17, 15) is 19.5 Å². The van der Waals surface area contributed by atoms with Crippen molar-refractivity contribution in [3.63, 3.8) is 0 Å². The Hall–Kier alpha value is -0.450. The van der Waals surface area contributed by atoms with Crippen LogP contribution in [-0.2, 0) is 4.57 Å². The number of hydrogen-bond acceptors (Lipinski definition) is 2.